The van der Waals surface area contributed by atoms with Crippen LogP contribution < -0.4 is 29.1 Å². The smallest absolute Gasteiger partial charge is 0.547 e. The van der Waals surface area contributed by atoms with Crippen molar-refractivity contribution in [1.29, 1.82) is 0 Å². The Kier molecular flexibility index (Phi) is 58.5. The molecule has 0 saturated heterocycles. The van der Waals surface area contributed by atoms with Gasteiger partial charge in [0.15, 0.2) is 0 Å². The SMILES string of the molecule is CCCCCCCCCCCCCS(=O)(=O)NC(NS(=O)(=O)CCCCCCCCCCCCC)C(=O)[O-].CCCCCCCCCCCCCS(=O)(=O)NC(NS(=O)(=O)CCCCCCCCCCCCC)C(=O)[O-].[Ba+2]. The molecular weight excluding hydrogens is 1190 g/mol. The average Bonchev–Trinajstić information content (AvgIpc) is 3.35. The summed E-state index contributed by atoms with van der Waals surface area (Å²) in [7, 11) is -15.8. The molecule has 0 fully saturated rings. The third-order valence-electron chi connectivity index (χ3n) is 13.7. The van der Waals surface area contributed by atoms with Crippen LogP contribution in [0.3, 0.4) is 0 Å². The van der Waals surface area contributed by atoms with Gasteiger partial charge in [-0.15, -0.1) is 0 Å². The molecule has 0 aromatic carbocycles. The van der Waals surface area contributed by atoms with Crippen LogP contribution in [0.2, 0.25) is 0 Å². The van der Waals surface area contributed by atoms with Crippen LogP contribution in [0.5, 0.6) is 0 Å². The van der Waals surface area contributed by atoms with Crippen molar-refractivity contribution in [3.05, 3.63) is 0 Å². The molecule has 0 atom stereocenters. The molecule has 0 bridgehead atoms. The minimum atomic E-state index is -3.95. The van der Waals surface area contributed by atoms with Crippen LogP contribution in [0.4, 0.5) is 0 Å². The van der Waals surface area contributed by atoms with E-state index in [2.05, 4.69) is 27.7 Å². The fraction of sp³-hybridized carbons (Fsp3) is 0.964. The van der Waals surface area contributed by atoms with Crippen LogP contribution >= 0.6 is 0 Å². The fourth-order valence-electron chi connectivity index (χ4n) is 9.02. The third-order valence-corrected chi connectivity index (χ3v) is 19.4. The molecule has 0 heterocycles. The summed E-state index contributed by atoms with van der Waals surface area (Å²) in [5.41, 5.74) is 0. The van der Waals surface area contributed by atoms with Gasteiger partial charge in [-0.25, -0.2) is 33.7 Å². The number of unbranched alkanes of at least 4 members (excludes halogenated alkanes) is 40. The summed E-state index contributed by atoms with van der Waals surface area (Å²) >= 11 is 0. The molecule has 0 rings (SSSR count). The van der Waals surface area contributed by atoms with Crippen LogP contribution in [-0.4, -0.2) is 130 Å². The number of carbonyl (C=O) groups is 2. The van der Waals surface area contributed by atoms with Gasteiger partial charge in [-0.1, -0.05) is 285 Å². The summed E-state index contributed by atoms with van der Waals surface area (Å²) < 4.78 is 106. The Hall–Kier alpha value is 0.151. The van der Waals surface area contributed by atoms with Crippen molar-refractivity contribution >= 4 is 101 Å². The molecule has 0 aromatic rings. The Morgan fingerprint density at radius 1 is 0.260 bits per heavy atom. The second-order valence-electron chi connectivity index (χ2n) is 21.4. The van der Waals surface area contributed by atoms with E-state index >= 15 is 0 Å². The summed E-state index contributed by atoms with van der Waals surface area (Å²) in [6, 6.07) is 0. The number of carboxylic acid groups (broad SMARTS) is 2. The number of hydrogen-bond acceptors (Lipinski definition) is 12. The maximum atomic E-state index is 12.3. The number of hydrogen-bond donors (Lipinski definition) is 4. The Morgan fingerprint density at radius 2 is 0.377 bits per heavy atom. The largest absolute Gasteiger partial charge is 2.00 e. The topological polar surface area (TPSA) is 265 Å². The van der Waals surface area contributed by atoms with E-state index in [1.165, 1.54) is 154 Å². The zero-order chi connectivity index (χ0) is 57.1. The molecule has 0 spiro atoms. The van der Waals surface area contributed by atoms with Crippen molar-refractivity contribution in [3.8, 4) is 0 Å². The van der Waals surface area contributed by atoms with Crippen molar-refractivity contribution in [2.24, 2.45) is 0 Å². The van der Waals surface area contributed by atoms with E-state index in [-0.39, 0.29) is 71.9 Å². The van der Waals surface area contributed by atoms with Crippen molar-refractivity contribution in [2.75, 3.05) is 23.0 Å². The molecule has 0 aliphatic carbocycles. The first-order valence-corrected chi connectivity index (χ1v) is 37.3. The molecule has 21 heteroatoms. The second-order valence-corrected chi connectivity index (χ2v) is 28.9. The first-order valence-electron chi connectivity index (χ1n) is 30.7. The molecular formula is C56H114BaN4O12S4. The normalized spacial score (nSPS) is 12.2. The van der Waals surface area contributed by atoms with Gasteiger partial charge in [-0.3, -0.25) is 0 Å². The second kappa shape index (κ2) is 55.3. The number of rotatable bonds is 58. The van der Waals surface area contributed by atoms with Crippen LogP contribution in [0.1, 0.15) is 310 Å². The van der Waals surface area contributed by atoms with E-state index < -0.39 is 64.4 Å². The van der Waals surface area contributed by atoms with Gasteiger partial charge >= 0.3 is 48.9 Å². The van der Waals surface area contributed by atoms with Gasteiger partial charge in [0.25, 0.3) is 0 Å². The molecule has 0 aliphatic heterocycles. The number of carbonyl (C=O) groups excluding carboxylic acids is 2. The molecule has 77 heavy (non-hydrogen) atoms. The molecule has 4 N–H and O–H groups in total. The maximum absolute atomic E-state index is 12.3. The van der Waals surface area contributed by atoms with Gasteiger partial charge in [0.1, 0.15) is 12.3 Å². The van der Waals surface area contributed by atoms with Crippen LogP contribution in [0.25, 0.3) is 0 Å². The third kappa shape index (κ3) is 59.1. The minimum absolute atomic E-state index is 0. The van der Waals surface area contributed by atoms with Gasteiger partial charge < -0.3 is 19.8 Å². The van der Waals surface area contributed by atoms with Crippen LogP contribution in [0.15, 0.2) is 0 Å². The van der Waals surface area contributed by atoms with Crippen molar-refractivity contribution < 1.29 is 53.5 Å². The molecule has 456 valence electrons. The van der Waals surface area contributed by atoms with E-state index in [1.54, 1.807) is 0 Å². The maximum Gasteiger partial charge on any atom is 2.00 e. The zero-order valence-corrected chi connectivity index (χ0v) is 57.0. The molecule has 16 nitrogen and oxygen atoms in total. The van der Waals surface area contributed by atoms with E-state index in [0.717, 1.165) is 103 Å². The number of nitrogens with one attached hydrogen (secondary N) is 4. The van der Waals surface area contributed by atoms with Crippen LogP contribution in [0, 0.1) is 0 Å². The predicted octanol–water partition coefficient (Wildman–Crippen LogP) is 10.7. The van der Waals surface area contributed by atoms with Crippen LogP contribution in [-0.2, 0) is 49.7 Å². The van der Waals surface area contributed by atoms with E-state index in [0.29, 0.717) is 25.7 Å². The summed E-state index contributed by atoms with van der Waals surface area (Å²) in [5.74, 6) is -4.59. The quantitative estimate of drug-likeness (QED) is 0.0252. The van der Waals surface area contributed by atoms with Gasteiger partial charge in [-0.2, -0.15) is 18.9 Å². The van der Waals surface area contributed by atoms with E-state index in [9.17, 15) is 53.5 Å². The Balaban J connectivity index is -0.00000140. The monoisotopic (exact) mass is 1300 g/mol. The Bertz CT molecular complexity index is 1570. The van der Waals surface area contributed by atoms with Crippen molar-refractivity contribution in [2.45, 2.75) is 323 Å². The Labute approximate surface area is 514 Å². The molecule has 0 aromatic heterocycles. The van der Waals surface area contributed by atoms with Crippen molar-refractivity contribution in [3.63, 3.8) is 0 Å². The summed E-state index contributed by atoms with van der Waals surface area (Å²) in [6.07, 6.45) is 43.3. The summed E-state index contributed by atoms with van der Waals surface area (Å²) in [6.45, 7) is 8.81. The number of aliphatic carboxylic acids is 2. The number of carboxylic acids is 2. The van der Waals surface area contributed by atoms with E-state index in [4.69, 9.17) is 0 Å². The van der Waals surface area contributed by atoms with Crippen molar-refractivity contribution in [1.82, 2.24) is 18.9 Å². The first-order chi connectivity index (χ1) is 36.3. The average molecular weight is 1300 g/mol. The van der Waals surface area contributed by atoms with Gasteiger partial charge in [0, 0.05) is 0 Å². The fourth-order valence-corrected chi connectivity index (χ4v) is 14.0. The standard InChI is InChI=1S/2C28H58N2O6S2.Ba/c2*1-3-5-7-9-11-13-15-17-19-21-23-25-37(33,34)29-27(28(31)32)30-38(35,36)26-24-22-20-18-16-14-12-10-8-6-4-2;/h2*27,29-30H,3-26H2,1-2H3,(H,31,32);/q;;+2/p-2. The van der Waals surface area contributed by atoms with Gasteiger partial charge in [0.2, 0.25) is 40.1 Å². The van der Waals surface area contributed by atoms with E-state index in [1.807, 2.05) is 18.9 Å². The summed E-state index contributed by atoms with van der Waals surface area (Å²) in [4.78, 5) is 22.8. The Morgan fingerprint density at radius 3 is 0.494 bits per heavy atom. The molecule has 0 saturated carbocycles. The predicted molar refractivity (Wildman–Crippen MR) is 317 cm³/mol. The molecule has 0 amide bonds. The first kappa shape index (κ1) is 81.4. The number of sulfonamides is 4. The molecule has 0 aliphatic rings. The summed E-state index contributed by atoms with van der Waals surface area (Å²) in [5, 5.41) is 22.8. The van der Waals surface area contributed by atoms with Gasteiger partial charge in [0.05, 0.1) is 35.0 Å². The minimum Gasteiger partial charge on any atom is -0.547 e. The molecule has 0 radical (unpaired) electrons. The van der Waals surface area contributed by atoms with Gasteiger partial charge in [-0.05, 0) is 25.7 Å². The zero-order valence-electron chi connectivity index (χ0n) is 49.3. The molecule has 0 unspecified atom stereocenters.